The van der Waals surface area contributed by atoms with E-state index in [0.717, 1.165) is 16.8 Å². The molecule has 0 saturated heterocycles. The smallest absolute Gasteiger partial charge is 0.338 e. The Bertz CT molecular complexity index is 1050. The van der Waals surface area contributed by atoms with Gasteiger partial charge >= 0.3 is 5.97 Å². The minimum absolute atomic E-state index is 0.106. The van der Waals surface area contributed by atoms with Gasteiger partial charge in [-0.1, -0.05) is 56.3 Å². The summed E-state index contributed by atoms with van der Waals surface area (Å²) in [5, 5.41) is 6.80. The molecule has 0 spiro atoms. The van der Waals surface area contributed by atoms with Crippen molar-refractivity contribution in [2.24, 2.45) is 5.92 Å². The highest BCUT2D eigenvalue weighted by molar-refractivity contribution is 7.80. The van der Waals surface area contributed by atoms with Crippen LogP contribution in [0.2, 0.25) is 0 Å². The molecule has 0 aliphatic carbocycles. The number of allylic oxidation sites excluding steroid dienone is 1. The molecule has 1 atom stereocenters. The van der Waals surface area contributed by atoms with Gasteiger partial charge in [0.1, 0.15) is 0 Å². The molecule has 1 aliphatic rings. The Morgan fingerprint density at radius 1 is 1.15 bits per heavy atom. The lowest BCUT2D eigenvalue weighted by atomic mass is 9.94. The van der Waals surface area contributed by atoms with Crippen LogP contribution in [0.5, 0.6) is 0 Å². The molecule has 1 heterocycles. The number of benzene rings is 2. The number of ether oxygens (including phenoxy) is 1. The molecule has 0 fully saturated rings. The van der Waals surface area contributed by atoms with Gasteiger partial charge in [0.25, 0.3) is 0 Å². The lowest BCUT2D eigenvalue weighted by molar-refractivity contribution is -0.140. The number of rotatable bonds is 8. The monoisotopic (exact) mass is 465 g/mol. The Hall–Kier alpha value is -3.19. The molecule has 2 aromatic rings. The summed E-state index contributed by atoms with van der Waals surface area (Å²) in [7, 11) is 0. The van der Waals surface area contributed by atoms with Gasteiger partial charge in [-0.15, -0.1) is 0 Å². The van der Waals surface area contributed by atoms with Crippen molar-refractivity contribution < 1.29 is 14.3 Å². The van der Waals surface area contributed by atoms with Crippen molar-refractivity contribution in [2.75, 3.05) is 18.5 Å². The molecular weight excluding hydrogens is 434 g/mol. The number of thiocarbonyl (C=S) groups is 1. The van der Waals surface area contributed by atoms with Crippen LogP contribution in [0.4, 0.5) is 5.69 Å². The first-order valence-corrected chi connectivity index (χ1v) is 11.6. The molecule has 0 radical (unpaired) electrons. The van der Waals surface area contributed by atoms with Crippen molar-refractivity contribution in [3.63, 3.8) is 0 Å². The van der Waals surface area contributed by atoms with Gasteiger partial charge in [-0.2, -0.15) is 0 Å². The normalized spacial score (nSPS) is 16.0. The van der Waals surface area contributed by atoms with Crippen LogP contribution in [0.15, 0.2) is 65.9 Å². The molecule has 1 aliphatic heterocycles. The fraction of sp³-hybridized carbons (Fsp3) is 0.346. The summed E-state index contributed by atoms with van der Waals surface area (Å²) in [6.07, 6.45) is 0.286. The average Bonchev–Trinajstić information content (AvgIpc) is 2.78. The van der Waals surface area contributed by atoms with E-state index in [0.29, 0.717) is 29.5 Å². The molecule has 6 nitrogen and oxygen atoms in total. The summed E-state index contributed by atoms with van der Waals surface area (Å²) in [4.78, 5) is 27.5. The van der Waals surface area contributed by atoms with Crippen molar-refractivity contribution >= 4 is 34.9 Å². The van der Waals surface area contributed by atoms with Crippen LogP contribution in [0.1, 0.15) is 44.9 Å². The maximum Gasteiger partial charge on any atom is 0.338 e. The van der Waals surface area contributed by atoms with E-state index < -0.39 is 6.04 Å². The summed E-state index contributed by atoms with van der Waals surface area (Å²) in [5.41, 5.74) is 3.73. The zero-order valence-electron chi connectivity index (χ0n) is 19.6. The lowest BCUT2D eigenvalue weighted by Gasteiger charge is -2.37. The Labute approximate surface area is 201 Å². The molecule has 0 unspecified atom stereocenters. The molecule has 7 heteroatoms. The van der Waals surface area contributed by atoms with Crippen LogP contribution in [0, 0.1) is 5.92 Å². The van der Waals surface area contributed by atoms with Crippen molar-refractivity contribution in [3.8, 4) is 0 Å². The van der Waals surface area contributed by atoms with Crippen molar-refractivity contribution in [3.05, 3.63) is 77.0 Å². The minimum Gasteiger partial charge on any atom is -0.462 e. The van der Waals surface area contributed by atoms with Gasteiger partial charge < -0.3 is 20.3 Å². The maximum absolute atomic E-state index is 13.1. The molecule has 0 aromatic heterocycles. The van der Waals surface area contributed by atoms with Crippen molar-refractivity contribution in [1.82, 2.24) is 10.2 Å². The number of hydrogen-bond acceptors (Lipinski definition) is 4. The number of nitrogens with zero attached hydrogens (tertiary/aromatic N) is 1. The summed E-state index contributed by atoms with van der Waals surface area (Å²) in [6.45, 7) is 8.86. The van der Waals surface area contributed by atoms with Crippen LogP contribution < -0.4 is 10.6 Å². The second-order valence-corrected chi connectivity index (χ2v) is 8.84. The SMILES string of the molecule is CCN1C(=S)N[C@@H](c2cccc(NC(=O)Cc3ccccc3)c2)C(C(=O)OCC(C)C)=C1C. The number of nitrogens with one attached hydrogen (secondary N) is 2. The minimum atomic E-state index is -0.467. The molecule has 2 N–H and O–H groups in total. The number of esters is 1. The van der Waals surface area contributed by atoms with Crippen molar-refractivity contribution in [1.29, 1.82) is 0 Å². The molecule has 2 aromatic carbocycles. The van der Waals surface area contributed by atoms with Crippen LogP contribution >= 0.6 is 12.2 Å². The molecule has 0 saturated carbocycles. The third kappa shape index (κ3) is 6.20. The zero-order valence-corrected chi connectivity index (χ0v) is 20.4. The average molecular weight is 466 g/mol. The van der Waals surface area contributed by atoms with Gasteiger partial charge in [0.05, 0.1) is 24.6 Å². The van der Waals surface area contributed by atoms with Crippen LogP contribution in [0.25, 0.3) is 0 Å². The van der Waals surface area contributed by atoms with Crippen LogP contribution in [-0.4, -0.2) is 35.0 Å². The Morgan fingerprint density at radius 2 is 1.88 bits per heavy atom. The van der Waals surface area contributed by atoms with Gasteiger partial charge in [0, 0.05) is 17.9 Å². The van der Waals surface area contributed by atoms with Crippen molar-refractivity contribution in [2.45, 2.75) is 40.2 Å². The van der Waals surface area contributed by atoms with Gasteiger partial charge in [0.2, 0.25) is 5.91 Å². The second kappa shape index (κ2) is 11.1. The molecule has 3 rings (SSSR count). The summed E-state index contributed by atoms with van der Waals surface area (Å²) < 4.78 is 5.58. The van der Waals surface area contributed by atoms with Gasteiger partial charge in [-0.05, 0) is 55.2 Å². The molecular formula is C26H31N3O3S. The Kier molecular flexibility index (Phi) is 8.22. The van der Waals surface area contributed by atoms with E-state index in [1.54, 1.807) is 0 Å². The number of anilines is 1. The first kappa shape index (κ1) is 24.5. The quantitative estimate of drug-likeness (QED) is 0.439. The summed E-state index contributed by atoms with van der Waals surface area (Å²) >= 11 is 5.56. The van der Waals surface area contributed by atoms with Crippen LogP contribution in [0.3, 0.4) is 0 Å². The maximum atomic E-state index is 13.1. The van der Waals surface area contributed by atoms with Gasteiger partial charge in [0.15, 0.2) is 5.11 Å². The standard InChI is InChI=1S/C26H31N3O3S/c1-5-29-18(4)23(25(31)32-16-17(2)3)24(28-26(29)33)20-12-9-13-21(15-20)27-22(30)14-19-10-7-6-8-11-19/h6-13,15,17,24H,5,14,16H2,1-4H3,(H,27,30)(H,28,33)/t24-/m0/s1. The van der Waals surface area contributed by atoms with E-state index in [2.05, 4.69) is 10.6 Å². The van der Waals surface area contributed by atoms with E-state index >= 15 is 0 Å². The number of amides is 1. The fourth-order valence-electron chi connectivity index (χ4n) is 3.78. The molecule has 33 heavy (non-hydrogen) atoms. The molecule has 174 valence electrons. The lowest BCUT2D eigenvalue weighted by Crippen LogP contribution is -2.47. The number of hydrogen-bond donors (Lipinski definition) is 2. The first-order chi connectivity index (χ1) is 15.8. The largest absolute Gasteiger partial charge is 0.462 e. The fourth-order valence-corrected chi connectivity index (χ4v) is 4.16. The Morgan fingerprint density at radius 3 is 2.55 bits per heavy atom. The van der Waals surface area contributed by atoms with E-state index in [1.165, 1.54) is 0 Å². The van der Waals surface area contributed by atoms with E-state index in [1.807, 2.05) is 87.2 Å². The predicted molar refractivity (Wildman–Crippen MR) is 135 cm³/mol. The summed E-state index contributed by atoms with van der Waals surface area (Å²) in [5.74, 6) is -0.236. The topological polar surface area (TPSA) is 70.7 Å². The molecule has 1 amide bonds. The third-order valence-electron chi connectivity index (χ3n) is 5.39. The predicted octanol–water partition coefficient (Wildman–Crippen LogP) is 4.59. The van der Waals surface area contributed by atoms with Gasteiger partial charge in [-0.3, -0.25) is 4.79 Å². The van der Waals surface area contributed by atoms with E-state index in [4.69, 9.17) is 17.0 Å². The highest BCUT2D eigenvalue weighted by atomic mass is 32.1. The zero-order chi connectivity index (χ0) is 24.0. The number of carbonyl (C=O) groups is 2. The van der Waals surface area contributed by atoms with Crippen LogP contribution in [-0.2, 0) is 20.7 Å². The van der Waals surface area contributed by atoms with Gasteiger partial charge in [-0.25, -0.2) is 4.79 Å². The molecule has 0 bridgehead atoms. The van der Waals surface area contributed by atoms with E-state index in [9.17, 15) is 9.59 Å². The highest BCUT2D eigenvalue weighted by Crippen LogP contribution is 2.32. The number of carbonyl (C=O) groups excluding carboxylic acids is 2. The Balaban J connectivity index is 1.86. The highest BCUT2D eigenvalue weighted by Gasteiger charge is 2.34. The third-order valence-corrected chi connectivity index (χ3v) is 5.73. The second-order valence-electron chi connectivity index (χ2n) is 8.45. The van der Waals surface area contributed by atoms with E-state index in [-0.39, 0.29) is 24.2 Å². The summed E-state index contributed by atoms with van der Waals surface area (Å²) in [6, 6.07) is 16.6. The first-order valence-electron chi connectivity index (χ1n) is 11.2.